The lowest BCUT2D eigenvalue weighted by atomic mass is 9.66. The molecule has 2 atom stereocenters. The number of carbonyl (C=O) groups excluding carboxylic acids is 2. The Morgan fingerprint density at radius 2 is 0.699 bits per heavy atom. The smallest absolute Gasteiger partial charge is 0.270 e. The minimum absolute atomic E-state index is 0.104. The molecule has 136 heavy (non-hydrogen) atoms. The molecule has 6 heterocycles. The number of ether oxygens (including phenoxy) is 2. The Hall–Kier alpha value is -10.9. The molecule has 6 aromatic heterocycles. The average Bonchev–Trinajstić information content (AvgIpc) is 1.48. The van der Waals surface area contributed by atoms with Gasteiger partial charge in [-0.2, -0.15) is 0 Å². The molecular formula is C122H126N4O4S6. The van der Waals surface area contributed by atoms with E-state index in [0.29, 0.717) is 69.6 Å². The fourth-order valence-corrected chi connectivity index (χ4v) is 29.1. The van der Waals surface area contributed by atoms with Crippen molar-refractivity contribution in [2.75, 3.05) is 13.2 Å². The number of nitriles is 2. The fourth-order valence-electron chi connectivity index (χ4n) is 21.6. The summed E-state index contributed by atoms with van der Waals surface area (Å²) in [5, 5.41) is 26.1. The van der Waals surface area contributed by atoms with Gasteiger partial charge in [-0.3, -0.25) is 9.59 Å². The van der Waals surface area contributed by atoms with Crippen molar-refractivity contribution in [3.05, 3.63) is 324 Å². The molecule has 0 aliphatic heterocycles. The highest BCUT2D eigenvalue weighted by Crippen LogP contribution is 2.71. The number of ketones is 2. The van der Waals surface area contributed by atoms with Crippen LogP contribution in [-0.2, 0) is 36.5 Å². The molecule has 0 bridgehead atoms. The van der Waals surface area contributed by atoms with E-state index in [-0.39, 0.29) is 23.0 Å². The maximum atomic E-state index is 15.6. The second-order valence-electron chi connectivity index (χ2n) is 38.4. The summed E-state index contributed by atoms with van der Waals surface area (Å²) in [6.45, 7) is 44.7. The minimum Gasteiger partial charge on any atom is -0.484 e. The summed E-state index contributed by atoms with van der Waals surface area (Å²) in [5.41, 5.74) is 22.1. The molecule has 0 fully saturated rings. The van der Waals surface area contributed by atoms with E-state index in [1.807, 2.05) is 86.8 Å². The summed E-state index contributed by atoms with van der Waals surface area (Å²) in [4.78, 5) is 47.5. The Labute approximate surface area is 831 Å². The van der Waals surface area contributed by atoms with Gasteiger partial charge in [0, 0.05) is 84.2 Å². The number of allylic oxidation sites excluding steroid dienone is 6. The molecule has 0 amide bonds. The summed E-state index contributed by atoms with van der Waals surface area (Å²) in [5.74, 6) is 0.383. The van der Waals surface area contributed by atoms with Crippen LogP contribution in [0.3, 0.4) is 0 Å². The lowest BCUT2D eigenvalue weighted by molar-refractivity contribution is 0.103. The van der Waals surface area contributed by atoms with E-state index in [2.05, 4.69) is 211 Å². The third kappa shape index (κ3) is 18.3. The van der Waals surface area contributed by atoms with Crippen LogP contribution in [0.25, 0.3) is 93.6 Å². The Bertz CT molecular complexity index is 6420. The topological polar surface area (TPSA) is 109 Å². The molecule has 0 saturated heterocycles. The molecule has 13 aromatic rings. The van der Waals surface area contributed by atoms with Gasteiger partial charge < -0.3 is 9.47 Å². The van der Waals surface area contributed by atoms with Crippen molar-refractivity contribution < 1.29 is 19.1 Å². The maximum absolute atomic E-state index is 15.6. The number of carbonyl (C=O) groups is 2. The van der Waals surface area contributed by atoms with E-state index in [4.69, 9.17) is 22.6 Å². The van der Waals surface area contributed by atoms with Gasteiger partial charge >= 0.3 is 0 Å². The molecule has 694 valence electrons. The Kier molecular flexibility index (Phi) is 30.6. The van der Waals surface area contributed by atoms with Gasteiger partial charge in [0.2, 0.25) is 0 Å². The molecule has 0 radical (unpaired) electrons. The summed E-state index contributed by atoms with van der Waals surface area (Å²) in [7, 11) is 0. The minimum atomic E-state index is -1.02. The second kappa shape index (κ2) is 43.0. The number of rotatable bonds is 42. The molecule has 4 aliphatic rings. The van der Waals surface area contributed by atoms with Crippen LogP contribution in [0.15, 0.2) is 180 Å². The molecule has 14 heteroatoms. The van der Waals surface area contributed by atoms with E-state index in [0.717, 1.165) is 279 Å². The number of nitrogens with zero attached hydrogens (tertiary/aromatic N) is 4. The first kappa shape index (κ1) is 96.8. The summed E-state index contributed by atoms with van der Waals surface area (Å²) in [6, 6.07) is 65.2. The van der Waals surface area contributed by atoms with E-state index in [1.165, 1.54) is 69.8 Å². The number of unbranched alkanes of at least 4 members (excludes halogenated alkanes) is 14. The highest BCUT2D eigenvalue weighted by molar-refractivity contribution is 7.30. The number of benzene rings is 7. The molecule has 0 N–H and O–H groups in total. The van der Waals surface area contributed by atoms with Crippen LogP contribution in [0, 0.1) is 75.3 Å². The zero-order valence-corrected chi connectivity index (χ0v) is 86.3. The molecule has 2 unspecified atom stereocenters. The van der Waals surface area contributed by atoms with Gasteiger partial charge in [-0.15, -0.1) is 45.3 Å². The maximum Gasteiger partial charge on any atom is 0.270 e. The van der Waals surface area contributed by atoms with Crippen LogP contribution in [-0.4, -0.2) is 24.8 Å². The molecule has 8 nitrogen and oxygen atoms in total. The van der Waals surface area contributed by atoms with Crippen LogP contribution in [0.4, 0.5) is 0 Å². The number of Topliss-reactive ketones (excluding diaryl/α,β-unsaturated/α-hetero) is 2. The van der Waals surface area contributed by atoms with Gasteiger partial charge in [0.05, 0.1) is 68.8 Å². The molecule has 0 spiro atoms. The summed E-state index contributed by atoms with van der Waals surface area (Å²) >= 11 is 10.7. The van der Waals surface area contributed by atoms with Crippen LogP contribution in [0.1, 0.15) is 340 Å². The third-order valence-corrected chi connectivity index (χ3v) is 36.5. The quantitative estimate of drug-likeness (QED) is 0.0163. The number of fused-ring (bicyclic) bond motifs is 12. The number of hydrogen-bond acceptors (Lipinski definition) is 12. The highest BCUT2D eigenvalue weighted by atomic mass is 32.1. The van der Waals surface area contributed by atoms with E-state index >= 15 is 9.59 Å². The summed E-state index contributed by atoms with van der Waals surface area (Å²) in [6.07, 6.45) is 34.9. The fraction of sp³-hybridized carbons (Fsp3) is 0.377. The van der Waals surface area contributed by atoms with Crippen molar-refractivity contribution in [1.29, 1.82) is 10.5 Å². The van der Waals surface area contributed by atoms with E-state index in [9.17, 15) is 10.5 Å². The largest absolute Gasteiger partial charge is 0.484 e. The number of thiophene rings is 6. The van der Waals surface area contributed by atoms with Crippen LogP contribution >= 0.6 is 68.0 Å². The SMILES string of the molecule is [C-]#[N+]/C(C#N)=C1\C(=C\c2cc3c(s2)-c2sc4c(-c5ccc(OCC(CC)CCCC)s5)c5c6c(sc5c(-c5ccc(OCC(CC)CCCC)s5)c4c2C3(c2ccc(CCCCCC)cc2)c2ccc(CCCCCC)cc2)-c2sc(/C=C3\C(=O)c4cc(C)c(C)cc4\C3=C(\C#N)[N+]#[C-])cc2C6(c2ccc(CCCCCC)cc2)c2ccc(CCCCCC)cc2)C(=O)c2cc(C)c(C)cc21. The monoisotopic (exact) mass is 1900 g/mol. The molecule has 7 aromatic carbocycles. The predicted octanol–water partition coefficient (Wildman–Crippen LogP) is 36.2. The lowest BCUT2D eigenvalue weighted by Crippen LogP contribution is -2.29. The molecular weight excluding hydrogens is 1780 g/mol. The number of hydrogen-bond donors (Lipinski definition) is 0. The Morgan fingerprint density at radius 1 is 0.382 bits per heavy atom. The van der Waals surface area contributed by atoms with Crippen molar-refractivity contribution in [2.24, 2.45) is 11.8 Å². The Morgan fingerprint density at radius 3 is 0.993 bits per heavy atom. The predicted molar refractivity (Wildman–Crippen MR) is 578 cm³/mol. The molecule has 17 rings (SSSR count). The van der Waals surface area contributed by atoms with Crippen molar-refractivity contribution >= 4 is 123 Å². The van der Waals surface area contributed by atoms with Crippen LogP contribution in [0.5, 0.6) is 10.1 Å². The average molecular weight is 1900 g/mol. The van der Waals surface area contributed by atoms with Crippen LogP contribution < -0.4 is 9.47 Å². The zero-order chi connectivity index (χ0) is 95.1. The van der Waals surface area contributed by atoms with Crippen LogP contribution in [0.2, 0.25) is 0 Å². The van der Waals surface area contributed by atoms with E-state index in [1.54, 1.807) is 45.3 Å². The van der Waals surface area contributed by atoms with Gasteiger partial charge in [-0.1, -0.05) is 303 Å². The first-order valence-corrected chi connectivity index (χ1v) is 55.3. The van der Waals surface area contributed by atoms with Gasteiger partial charge in [-0.05, 0) is 265 Å². The highest BCUT2D eigenvalue weighted by Gasteiger charge is 2.55. The third-order valence-electron chi connectivity index (χ3n) is 29.5. The standard InChI is InChI=1S/C122H126N4O4S6/c1-15-23-29-33-39-81-43-51-85(52-44-81)121(86-53-45-82(46-54-86)40-34-30-24-16-2)97-69-89(67-95-105(99(71-123)125-13)91-63-75(9)77(11)65-93(91)113(95)127)131-115(97)119-111(121)109-107(101-59-61-103(133-101)129-73-79(21-7)37-27-19-5)118-110(108(117(109)135-119)102-60-62-104(134-102)130-74-80(22-8)38-28-20-6)112-120(136-118)116-98(70-90(132-116)68-96-106(100(72-124)126-14)92-64-76(10)78(12)66-94(92)114(96)128)122(112,87-55-47-83(48-56-87)41-35-31-25-17-3)88-57-49-84(50-58-88)42-36-32-26-18-4/h43-70,79-80H,15-42,73-74H2,1-12H3/b95-67-,96-68-,105-99-,106-100+. The molecule has 4 aliphatic carbocycles. The van der Waals surface area contributed by atoms with Crippen molar-refractivity contribution in [3.63, 3.8) is 0 Å². The normalized spacial score (nSPS) is 15.5. The first-order valence-electron chi connectivity index (χ1n) is 50.4. The van der Waals surface area contributed by atoms with Gasteiger partial charge in [0.1, 0.15) is 0 Å². The summed E-state index contributed by atoms with van der Waals surface area (Å²) < 4.78 is 16.8. The van der Waals surface area contributed by atoms with Gasteiger partial charge in [0.25, 0.3) is 11.4 Å². The van der Waals surface area contributed by atoms with Crippen molar-refractivity contribution in [3.8, 4) is 62.7 Å². The molecule has 0 saturated carbocycles. The van der Waals surface area contributed by atoms with Crippen molar-refractivity contribution in [1.82, 2.24) is 0 Å². The van der Waals surface area contributed by atoms with Gasteiger partial charge in [0.15, 0.2) is 21.7 Å². The van der Waals surface area contributed by atoms with E-state index < -0.39 is 10.8 Å². The Balaban J connectivity index is 1.05. The lowest BCUT2D eigenvalue weighted by Gasteiger charge is -2.35. The van der Waals surface area contributed by atoms with Crippen molar-refractivity contribution in [2.45, 2.75) is 274 Å². The van der Waals surface area contributed by atoms with Gasteiger partial charge in [-0.25, -0.2) is 20.2 Å². The number of aryl methyl sites for hydroxylation is 8. The second-order valence-corrected chi connectivity index (χ2v) is 44.7. The first-order chi connectivity index (χ1) is 66.4. The zero-order valence-electron chi connectivity index (χ0n) is 81.4.